The third kappa shape index (κ3) is 4.96. The minimum absolute atomic E-state index is 0. The summed E-state index contributed by atoms with van der Waals surface area (Å²) < 4.78 is 77.7. The summed E-state index contributed by atoms with van der Waals surface area (Å²) in [4.78, 5) is 17.4. The average molecular weight is 488 g/mol. The summed E-state index contributed by atoms with van der Waals surface area (Å²) in [6, 6.07) is 4.18. The van der Waals surface area contributed by atoms with Crippen LogP contribution in [0.5, 0.6) is 5.75 Å². The molecule has 2 aromatic carbocycles. The van der Waals surface area contributed by atoms with Gasteiger partial charge in [-0.25, -0.2) is 13.2 Å². The molecule has 1 unspecified atom stereocenters. The lowest BCUT2D eigenvalue weighted by atomic mass is 10.1. The number of unbranched alkanes of at least 4 members (excludes halogenated alkanes) is 1. The normalized spacial score (nSPS) is 15.8. The molecular weight excluding hydrogens is 457 g/mol. The molecule has 1 aliphatic heterocycles. The van der Waals surface area contributed by atoms with Gasteiger partial charge in [0, 0.05) is 33.3 Å². The zero-order valence-electron chi connectivity index (χ0n) is 19.6. The smallest absolute Gasteiger partial charge is 0.264 e. The van der Waals surface area contributed by atoms with E-state index in [1.54, 1.807) is 6.92 Å². The number of anilines is 2. The van der Waals surface area contributed by atoms with Gasteiger partial charge in [0.1, 0.15) is 11.4 Å². The Bertz CT molecular complexity index is 1040. The fourth-order valence-corrected chi connectivity index (χ4v) is 3.87. The molecule has 2 aromatic rings. The largest absolute Gasteiger partial charge is 0.487 e. The van der Waals surface area contributed by atoms with Crippen molar-refractivity contribution in [2.75, 3.05) is 50.6 Å². The van der Waals surface area contributed by atoms with Crippen LogP contribution in [-0.2, 0) is 0 Å². The van der Waals surface area contributed by atoms with Gasteiger partial charge in [-0.15, -0.1) is 0 Å². The van der Waals surface area contributed by atoms with Crippen LogP contribution in [-0.4, -0.2) is 57.7 Å². The molecule has 0 aliphatic carbocycles. The molecule has 0 radical (unpaired) electrons. The number of carbonyl (C=O) groups is 1. The molecule has 0 N–H and O–H groups in total. The molecule has 34 heavy (non-hydrogen) atoms. The van der Waals surface area contributed by atoms with Gasteiger partial charge in [0.2, 0.25) is 11.6 Å². The molecule has 0 spiro atoms. The number of halogens is 5. The monoisotopic (exact) mass is 487 g/mol. The van der Waals surface area contributed by atoms with Crippen LogP contribution in [0.15, 0.2) is 18.2 Å². The first-order valence-electron chi connectivity index (χ1n) is 11.1. The minimum Gasteiger partial charge on any atom is -0.487 e. The topological polar surface area (TPSA) is 36.0 Å². The van der Waals surface area contributed by atoms with Gasteiger partial charge >= 0.3 is 0 Å². The van der Waals surface area contributed by atoms with E-state index in [1.807, 2.05) is 19.0 Å². The molecule has 0 bridgehead atoms. The van der Waals surface area contributed by atoms with Gasteiger partial charge in [0.15, 0.2) is 17.4 Å². The van der Waals surface area contributed by atoms with Gasteiger partial charge in [-0.3, -0.25) is 4.79 Å². The van der Waals surface area contributed by atoms with E-state index in [1.165, 1.54) is 12.1 Å². The number of ether oxygens (including phenoxy) is 1. The summed E-state index contributed by atoms with van der Waals surface area (Å²) in [5.41, 5.74) is -1.12. The Morgan fingerprint density at radius 3 is 2.26 bits per heavy atom. The summed E-state index contributed by atoms with van der Waals surface area (Å²) in [7, 11) is 5.03. The fourth-order valence-electron chi connectivity index (χ4n) is 3.87. The number of carbonyl (C=O) groups excluding carboxylic acids is 1. The molecule has 0 aromatic heterocycles. The van der Waals surface area contributed by atoms with Gasteiger partial charge in [-0.1, -0.05) is 13.3 Å². The molecule has 1 saturated heterocycles. The Morgan fingerprint density at radius 2 is 1.74 bits per heavy atom. The average Bonchev–Trinajstić information content (AvgIpc) is 3.30. The molecule has 0 saturated carbocycles. The van der Waals surface area contributed by atoms with E-state index in [-0.39, 0.29) is 19.8 Å². The molecule has 3 rings (SSSR count). The van der Waals surface area contributed by atoms with Gasteiger partial charge in [-0.2, -0.15) is 8.78 Å². The van der Waals surface area contributed by atoms with Crippen LogP contribution in [0.2, 0.25) is 0 Å². The van der Waals surface area contributed by atoms with Crippen molar-refractivity contribution in [3.63, 3.8) is 0 Å². The second kappa shape index (κ2) is 10.6. The number of benzene rings is 2. The highest BCUT2D eigenvalue weighted by Crippen LogP contribution is 2.33. The van der Waals surface area contributed by atoms with Crippen molar-refractivity contribution in [1.29, 1.82) is 0 Å². The molecule has 1 amide bonds. The third-order valence-corrected chi connectivity index (χ3v) is 6.04. The fraction of sp³-hybridized carbons (Fsp3) is 0.458. The first-order chi connectivity index (χ1) is 16.1. The maximum atomic E-state index is 14.9. The molecule has 1 atom stereocenters. The number of hydrogen-bond acceptors (Lipinski definition) is 4. The highest BCUT2D eigenvalue weighted by Gasteiger charge is 2.33. The van der Waals surface area contributed by atoms with Crippen molar-refractivity contribution in [3.8, 4) is 5.75 Å². The summed E-state index contributed by atoms with van der Waals surface area (Å²) in [6.07, 6.45) is 1.92. The highest BCUT2D eigenvalue weighted by atomic mass is 19.2. The lowest BCUT2D eigenvalue weighted by Gasteiger charge is -2.24. The Kier molecular flexibility index (Phi) is 8.01. The van der Waals surface area contributed by atoms with Crippen LogP contribution < -0.4 is 14.5 Å². The zero-order chi connectivity index (χ0) is 25.2. The number of amides is 1. The van der Waals surface area contributed by atoms with Crippen LogP contribution in [0.1, 0.15) is 38.0 Å². The first kappa shape index (κ1) is 25.7. The number of likely N-dealkylation sites (N-methyl/N-ethyl adjacent to an activating group) is 1. The second-order valence-electron chi connectivity index (χ2n) is 8.51. The number of rotatable bonds is 8. The Morgan fingerprint density at radius 1 is 1.09 bits per heavy atom. The summed E-state index contributed by atoms with van der Waals surface area (Å²) in [5, 5.41) is 0. The van der Waals surface area contributed by atoms with Gasteiger partial charge in [0.25, 0.3) is 5.91 Å². The molecular formula is C24H30F5N3O2. The minimum atomic E-state index is -1.87. The standard InChI is InChI=1S/C24H28F5N3O2.H2/c1-5-6-11-34-23-21(28)19(26)18(20(27)22(23)29)24(33)31(4)14-7-8-17(16(25)12-14)32-10-9-15(13-32)30(2)3;/h7-8,12,15H,5-6,9-11,13H2,1-4H3;1H. The van der Waals surface area contributed by atoms with E-state index in [0.29, 0.717) is 31.6 Å². The predicted molar refractivity (Wildman–Crippen MR) is 122 cm³/mol. The van der Waals surface area contributed by atoms with Crippen molar-refractivity contribution in [2.24, 2.45) is 0 Å². The molecule has 1 aliphatic rings. The predicted octanol–water partition coefficient (Wildman–Crippen LogP) is 5.22. The van der Waals surface area contributed by atoms with Crippen molar-refractivity contribution in [1.82, 2.24) is 4.90 Å². The lowest BCUT2D eigenvalue weighted by molar-refractivity contribution is 0.0981. The van der Waals surface area contributed by atoms with Crippen molar-refractivity contribution < 1.29 is 32.9 Å². The Hall–Kier alpha value is -2.88. The second-order valence-corrected chi connectivity index (χ2v) is 8.51. The van der Waals surface area contributed by atoms with Crippen molar-refractivity contribution in [3.05, 3.63) is 52.8 Å². The highest BCUT2D eigenvalue weighted by molar-refractivity contribution is 6.06. The van der Waals surface area contributed by atoms with Gasteiger partial charge in [0.05, 0.1) is 12.3 Å². The maximum absolute atomic E-state index is 14.9. The van der Waals surface area contributed by atoms with E-state index in [0.717, 1.165) is 24.4 Å². The molecule has 10 heteroatoms. The van der Waals surface area contributed by atoms with Gasteiger partial charge < -0.3 is 19.4 Å². The van der Waals surface area contributed by atoms with Crippen molar-refractivity contribution in [2.45, 2.75) is 32.2 Å². The molecule has 1 fully saturated rings. The van der Waals surface area contributed by atoms with Crippen LogP contribution in [0.4, 0.5) is 33.3 Å². The summed E-state index contributed by atoms with van der Waals surface area (Å²) in [6.45, 7) is 2.93. The van der Waals surface area contributed by atoms with E-state index in [9.17, 15) is 26.7 Å². The van der Waals surface area contributed by atoms with E-state index in [4.69, 9.17) is 4.74 Å². The van der Waals surface area contributed by atoms with Crippen LogP contribution in [0, 0.1) is 29.1 Å². The maximum Gasteiger partial charge on any atom is 0.264 e. The number of hydrogen-bond donors (Lipinski definition) is 0. The van der Waals surface area contributed by atoms with E-state index >= 15 is 0 Å². The Balaban J connectivity index is 0.00000432. The molecule has 1 heterocycles. The van der Waals surface area contributed by atoms with Gasteiger partial charge in [-0.05, 0) is 45.1 Å². The zero-order valence-corrected chi connectivity index (χ0v) is 19.6. The van der Waals surface area contributed by atoms with Crippen LogP contribution >= 0.6 is 0 Å². The quantitative estimate of drug-likeness (QED) is 0.291. The first-order valence-corrected chi connectivity index (χ1v) is 11.1. The Labute approximate surface area is 197 Å². The molecule has 5 nitrogen and oxygen atoms in total. The third-order valence-electron chi connectivity index (χ3n) is 6.04. The van der Waals surface area contributed by atoms with Crippen LogP contribution in [0.25, 0.3) is 0 Å². The summed E-state index contributed by atoms with van der Waals surface area (Å²) in [5.74, 6) is -10.5. The van der Waals surface area contributed by atoms with Crippen LogP contribution in [0.3, 0.4) is 0 Å². The lowest BCUT2D eigenvalue weighted by Crippen LogP contribution is -2.32. The van der Waals surface area contributed by atoms with Crippen molar-refractivity contribution >= 4 is 17.3 Å². The summed E-state index contributed by atoms with van der Waals surface area (Å²) >= 11 is 0. The SMILES string of the molecule is CCCCOc1c(F)c(F)c(C(=O)N(C)c2ccc(N3CCC(N(C)C)C3)c(F)c2)c(F)c1F.[HH]. The number of nitrogens with zero attached hydrogens (tertiary/aromatic N) is 3. The van der Waals surface area contributed by atoms with E-state index < -0.39 is 46.3 Å². The van der Waals surface area contributed by atoms with E-state index in [2.05, 4.69) is 4.90 Å². The molecule has 188 valence electrons.